The summed E-state index contributed by atoms with van der Waals surface area (Å²) in [5.41, 5.74) is 7.14. The van der Waals surface area contributed by atoms with Gasteiger partial charge in [-0.1, -0.05) is 0 Å². The zero-order valence-electron chi connectivity index (χ0n) is 10.0. The van der Waals surface area contributed by atoms with Crippen molar-refractivity contribution in [3.63, 3.8) is 0 Å². The molecule has 1 aliphatic heterocycles. The van der Waals surface area contributed by atoms with Crippen molar-refractivity contribution in [1.29, 1.82) is 0 Å². The standard InChI is InChI=1S/C12H20N2S2/c1-9-10(5-12(6-13)16-9)7-14(2)11-3-4-15-8-11/h5,11H,3-4,6-8,13H2,1-2H3. The van der Waals surface area contributed by atoms with Gasteiger partial charge in [0.05, 0.1) is 0 Å². The van der Waals surface area contributed by atoms with Gasteiger partial charge in [-0.15, -0.1) is 11.3 Å². The highest BCUT2D eigenvalue weighted by molar-refractivity contribution is 7.99. The van der Waals surface area contributed by atoms with Crippen LogP contribution in [0.1, 0.15) is 21.7 Å². The zero-order chi connectivity index (χ0) is 11.5. The smallest absolute Gasteiger partial charge is 0.0274 e. The first-order valence-electron chi connectivity index (χ1n) is 5.77. The zero-order valence-corrected chi connectivity index (χ0v) is 11.7. The molecule has 2 N–H and O–H groups in total. The topological polar surface area (TPSA) is 29.3 Å². The Bertz CT molecular complexity index is 343. The molecule has 0 aromatic carbocycles. The normalized spacial score (nSPS) is 20.9. The third-order valence-electron chi connectivity index (χ3n) is 3.22. The van der Waals surface area contributed by atoms with Crippen LogP contribution in [0.5, 0.6) is 0 Å². The molecule has 90 valence electrons. The molecule has 1 aromatic rings. The van der Waals surface area contributed by atoms with E-state index in [0.717, 1.165) is 12.6 Å². The van der Waals surface area contributed by atoms with Crippen LogP contribution in [0.2, 0.25) is 0 Å². The fourth-order valence-electron chi connectivity index (χ4n) is 2.11. The van der Waals surface area contributed by atoms with E-state index in [4.69, 9.17) is 5.73 Å². The minimum Gasteiger partial charge on any atom is -0.326 e. The maximum atomic E-state index is 5.68. The molecule has 1 aromatic heterocycles. The van der Waals surface area contributed by atoms with Gasteiger partial charge < -0.3 is 5.73 Å². The van der Waals surface area contributed by atoms with Crippen LogP contribution in [0, 0.1) is 6.92 Å². The van der Waals surface area contributed by atoms with E-state index in [1.807, 2.05) is 11.3 Å². The lowest BCUT2D eigenvalue weighted by molar-refractivity contribution is 0.254. The Morgan fingerprint density at radius 1 is 1.56 bits per heavy atom. The molecule has 1 fully saturated rings. The van der Waals surface area contributed by atoms with Gasteiger partial charge in [0.25, 0.3) is 0 Å². The molecule has 1 unspecified atom stereocenters. The molecule has 0 bridgehead atoms. The van der Waals surface area contributed by atoms with Crippen LogP contribution in [0.3, 0.4) is 0 Å². The molecule has 1 atom stereocenters. The van der Waals surface area contributed by atoms with E-state index < -0.39 is 0 Å². The van der Waals surface area contributed by atoms with Gasteiger partial charge in [-0.05, 0) is 37.8 Å². The summed E-state index contributed by atoms with van der Waals surface area (Å²) in [4.78, 5) is 5.23. The van der Waals surface area contributed by atoms with Gasteiger partial charge in [0.2, 0.25) is 0 Å². The second kappa shape index (κ2) is 5.54. The second-order valence-electron chi connectivity index (χ2n) is 4.43. The quantitative estimate of drug-likeness (QED) is 0.897. The monoisotopic (exact) mass is 256 g/mol. The summed E-state index contributed by atoms with van der Waals surface area (Å²) in [5, 5.41) is 0. The predicted octanol–water partition coefficient (Wildman–Crippen LogP) is 2.45. The molecular formula is C12H20N2S2. The lowest BCUT2D eigenvalue weighted by Crippen LogP contribution is -2.30. The van der Waals surface area contributed by atoms with Gasteiger partial charge in [0.1, 0.15) is 0 Å². The van der Waals surface area contributed by atoms with Crippen LogP contribution in [0.4, 0.5) is 0 Å². The lowest BCUT2D eigenvalue weighted by Gasteiger charge is -2.23. The van der Waals surface area contributed by atoms with Crippen molar-refractivity contribution in [2.45, 2.75) is 32.5 Å². The molecular weight excluding hydrogens is 236 g/mol. The summed E-state index contributed by atoms with van der Waals surface area (Å²) in [6, 6.07) is 3.05. The third kappa shape index (κ3) is 2.80. The summed E-state index contributed by atoms with van der Waals surface area (Å²) >= 11 is 3.92. The van der Waals surface area contributed by atoms with Crippen LogP contribution < -0.4 is 5.73 Å². The van der Waals surface area contributed by atoms with E-state index in [9.17, 15) is 0 Å². The first-order chi connectivity index (χ1) is 7.70. The minimum atomic E-state index is 0.675. The van der Waals surface area contributed by atoms with Gasteiger partial charge >= 0.3 is 0 Å². The summed E-state index contributed by atoms with van der Waals surface area (Å²) in [6.07, 6.45) is 1.34. The van der Waals surface area contributed by atoms with E-state index in [-0.39, 0.29) is 0 Å². The van der Waals surface area contributed by atoms with Gasteiger partial charge in [-0.2, -0.15) is 11.8 Å². The number of aryl methyl sites for hydroxylation is 1. The largest absolute Gasteiger partial charge is 0.326 e. The van der Waals surface area contributed by atoms with Crippen molar-refractivity contribution in [2.75, 3.05) is 18.6 Å². The van der Waals surface area contributed by atoms with Crippen molar-refractivity contribution in [1.82, 2.24) is 4.90 Å². The van der Waals surface area contributed by atoms with Crippen molar-refractivity contribution in [2.24, 2.45) is 5.73 Å². The minimum absolute atomic E-state index is 0.675. The summed E-state index contributed by atoms with van der Waals surface area (Å²) in [6.45, 7) is 3.96. The number of rotatable bonds is 4. The first-order valence-corrected chi connectivity index (χ1v) is 7.74. The fourth-order valence-corrected chi connectivity index (χ4v) is 4.34. The average molecular weight is 256 g/mol. The van der Waals surface area contributed by atoms with E-state index in [1.54, 1.807) is 0 Å². The molecule has 0 radical (unpaired) electrons. The van der Waals surface area contributed by atoms with Crippen LogP contribution in [-0.4, -0.2) is 29.5 Å². The Labute approximate surface area is 106 Å². The molecule has 2 heterocycles. The molecule has 2 nitrogen and oxygen atoms in total. The van der Waals surface area contributed by atoms with Crippen molar-refractivity contribution in [3.8, 4) is 0 Å². The average Bonchev–Trinajstić information content (AvgIpc) is 2.88. The highest BCUT2D eigenvalue weighted by atomic mass is 32.2. The number of thiophene rings is 1. The van der Waals surface area contributed by atoms with E-state index in [1.165, 1.54) is 33.2 Å². The van der Waals surface area contributed by atoms with E-state index in [2.05, 4.69) is 36.7 Å². The van der Waals surface area contributed by atoms with E-state index in [0.29, 0.717) is 6.54 Å². The molecule has 0 saturated carbocycles. The molecule has 4 heteroatoms. The molecule has 0 spiro atoms. The Hall–Kier alpha value is -0.0300. The second-order valence-corrected chi connectivity index (χ2v) is 6.92. The SMILES string of the molecule is Cc1sc(CN)cc1CN(C)C1CCSC1. The van der Waals surface area contributed by atoms with Crippen molar-refractivity contribution in [3.05, 3.63) is 21.4 Å². The molecule has 16 heavy (non-hydrogen) atoms. The van der Waals surface area contributed by atoms with Crippen LogP contribution in [0.25, 0.3) is 0 Å². The maximum Gasteiger partial charge on any atom is 0.0274 e. The maximum absolute atomic E-state index is 5.68. The Kier molecular flexibility index (Phi) is 4.30. The highest BCUT2D eigenvalue weighted by Crippen LogP contribution is 2.26. The number of nitrogens with two attached hydrogens (primary N) is 1. The highest BCUT2D eigenvalue weighted by Gasteiger charge is 2.20. The molecule has 1 saturated heterocycles. The van der Waals surface area contributed by atoms with Crippen LogP contribution >= 0.6 is 23.1 Å². The third-order valence-corrected chi connectivity index (χ3v) is 5.48. The number of hydrogen-bond donors (Lipinski definition) is 1. The fraction of sp³-hybridized carbons (Fsp3) is 0.667. The van der Waals surface area contributed by atoms with Crippen molar-refractivity contribution < 1.29 is 0 Å². The molecule has 0 aliphatic carbocycles. The molecule has 0 amide bonds. The lowest BCUT2D eigenvalue weighted by atomic mass is 10.2. The van der Waals surface area contributed by atoms with Crippen LogP contribution in [0.15, 0.2) is 6.07 Å². The molecule has 2 rings (SSSR count). The predicted molar refractivity (Wildman–Crippen MR) is 74.1 cm³/mol. The summed E-state index contributed by atoms with van der Waals surface area (Å²) in [7, 11) is 2.25. The Morgan fingerprint density at radius 3 is 2.94 bits per heavy atom. The molecule has 1 aliphatic rings. The van der Waals surface area contributed by atoms with Crippen LogP contribution in [-0.2, 0) is 13.1 Å². The Morgan fingerprint density at radius 2 is 2.38 bits per heavy atom. The Balaban J connectivity index is 1.99. The van der Waals surface area contributed by atoms with Gasteiger partial charge in [-0.25, -0.2) is 0 Å². The summed E-state index contributed by atoms with van der Waals surface area (Å²) in [5.74, 6) is 2.62. The summed E-state index contributed by atoms with van der Waals surface area (Å²) < 4.78 is 0. The van der Waals surface area contributed by atoms with Crippen molar-refractivity contribution >= 4 is 23.1 Å². The first kappa shape index (κ1) is 12.4. The number of hydrogen-bond acceptors (Lipinski definition) is 4. The number of thioether (sulfide) groups is 1. The van der Waals surface area contributed by atoms with Gasteiger partial charge in [0.15, 0.2) is 0 Å². The van der Waals surface area contributed by atoms with Gasteiger partial charge in [0, 0.05) is 34.6 Å². The number of nitrogens with zero attached hydrogens (tertiary/aromatic N) is 1. The van der Waals surface area contributed by atoms with Gasteiger partial charge in [-0.3, -0.25) is 4.90 Å². The van der Waals surface area contributed by atoms with E-state index >= 15 is 0 Å².